The maximum absolute atomic E-state index is 13.1. The van der Waals surface area contributed by atoms with Crippen molar-refractivity contribution in [2.24, 2.45) is 18.7 Å². The Balaban J connectivity index is 1.45. The van der Waals surface area contributed by atoms with E-state index in [9.17, 15) is 9.59 Å². The van der Waals surface area contributed by atoms with Crippen molar-refractivity contribution in [3.8, 4) is 0 Å². The summed E-state index contributed by atoms with van der Waals surface area (Å²) < 4.78 is 1.89. The Labute approximate surface area is 159 Å². The molecule has 2 heterocycles. The minimum Gasteiger partial charge on any atom is -0.366 e. The minimum atomic E-state index is -0.403. The van der Waals surface area contributed by atoms with Crippen LogP contribution >= 0.6 is 0 Å². The number of benzene rings is 1. The van der Waals surface area contributed by atoms with E-state index in [-0.39, 0.29) is 5.91 Å². The van der Waals surface area contributed by atoms with Crippen LogP contribution in [0.1, 0.15) is 56.9 Å². The highest BCUT2D eigenvalue weighted by molar-refractivity contribution is 5.94. The summed E-state index contributed by atoms with van der Waals surface area (Å²) in [5.41, 5.74) is 10.1. The van der Waals surface area contributed by atoms with E-state index in [1.54, 1.807) is 6.07 Å². The molecule has 2 aromatic rings. The van der Waals surface area contributed by atoms with Crippen LogP contribution in [-0.4, -0.2) is 39.6 Å². The lowest BCUT2D eigenvalue weighted by atomic mass is 9.95. The third kappa shape index (κ3) is 3.48. The van der Waals surface area contributed by atoms with Crippen molar-refractivity contribution in [3.05, 3.63) is 52.3 Å². The standard InChI is InChI=1S/C21H26N4O2/c1-24-18-8-3-2-7-17(18)19(23-24)21(27)25-10-9-15(13-25)11-14-5-4-6-16(12-14)20(22)26/h4-6,12,15H,2-3,7-11,13H2,1H3,(H2,22,26)/t15-/m1/s1. The molecule has 0 bridgehead atoms. The van der Waals surface area contributed by atoms with Crippen LogP contribution in [-0.2, 0) is 26.3 Å². The first-order chi connectivity index (χ1) is 13.0. The molecule has 1 atom stereocenters. The van der Waals surface area contributed by atoms with E-state index in [1.165, 1.54) is 12.1 Å². The second-order valence-corrected chi connectivity index (χ2v) is 7.78. The first-order valence-electron chi connectivity index (χ1n) is 9.75. The van der Waals surface area contributed by atoms with Gasteiger partial charge in [-0.3, -0.25) is 14.3 Å². The number of hydrogen-bond donors (Lipinski definition) is 1. The molecule has 2 aliphatic rings. The molecule has 4 rings (SSSR count). The number of amides is 2. The third-order valence-corrected chi connectivity index (χ3v) is 5.88. The maximum Gasteiger partial charge on any atom is 0.274 e. The predicted octanol–water partition coefficient (Wildman–Crippen LogP) is 2.10. The number of likely N-dealkylation sites (tertiary alicyclic amines) is 1. The molecule has 0 radical (unpaired) electrons. The number of carbonyl (C=O) groups excluding carboxylic acids is 2. The fourth-order valence-electron chi connectivity index (χ4n) is 4.46. The van der Waals surface area contributed by atoms with E-state index in [2.05, 4.69) is 5.10 Å². The van der Waals surface area contributed by atoms with E-state index in [4.69, 9.17) is 5.73 Å². The molecule has 1 aromatic carbocycles. The second-order valence-electron chi connectivity index (χ2n) is 7.78. The van der Waals surface area contributed by atoms with Gasteiger partial charge in [0.05, 0.1) is 0 Å². The summed E-state index contributed by atoms with van der Waals surface area (Å²) in [4.78, 5) is 26.4. The zero-order valence-electron chi connectivity index (χ0n) is 15.8. The van der Waals surface area contributed by atoms with Crippen molar-refractivity contribution in [3.63, 3.8) is 0 Å². The normalized spacial score (nSPS) is 19.1. The zero-order chi connectivity index (χ0) is 19.0. The number of aryl methyl sites for hydroxylation is 1. The van der Waals surface area contributed by atoms with Crippen molar-refractivity contribution < 1.29 is 9.59 Å². The number of hydrogen-bond acceptors (Lipinski definition) is 3. The first-order valence-corrected chi connectivity index (χ1v) is 9.75. The van der Waals surface area contributed by atoms with E-state index in [0.29, 0.717) is 17.2 Å². The first kappa shape index (κ1) is 17.8. The highest BCUT2D eigenvalue weighted by Crippen LogP contribution is 2.27. The van der Waals surface area contributed by atoms with Crippen LogP contribution in [0.5, 0.6) is 0 Å². The highest BCUT2D eigenvalue weighted by Gasteiger charge is 2.31. The molecule has 0 spiro atoms. The van der Waals surface area contributed by atoms with Crippen LogP contribution in [0.4, 0.5) is 0 Å². The summed E-state index contributed by atoms with van der Waals surface area (Å²) in [6.45, 7) is 1.51. The summed E-state index contributed by atoms with van der Waals surface area (Å²) in [6, 6.07) is 7.49. The number of fused-ring (bicyclic) bond motifs is 1. The highest BCUT2D eigenvalue weighted by atomic mass is 16.2. The Morgan fingerprint density at radius 1 is 1.26 bits per heavy atom. The van der Waals surface area contributed by atoms with Gasteiger partial charge in [-0.1, -0.05) is 12.1 Å². The van der Waals surface area contributed by atoms with Gasteiger partial charge >= 0.3 is 0 Å². The van der Waals surface area contributed by atoms with Crippen LogP contribution in [0, 0.1) is 5.92 Å². The number of carbonyl (C=O) groups is 2. The quantitative estimate of drug-likeness (QED) is 0.900. The average molecular weight is 366 g/mol. The van der Waals surface area contributed by atoms with Gasteiger partial charge < -0.3 is 10.6 Å². The molecule has 0 unspecified atom stereocenters. The number of rotatable bonds is 4. The molecule has 6 nitrogen and oxygen atoms in total. The van der Waals surface area contributed by atoms with Crippen molar-refractivity contribution in [2.45, 2.75) is 38.5 Å². The molecule has 1 aromatic heterocycles. The van der Waals surface area contributed by atoms with E-state index >= 15 is 0 Å². The molecule has 1 aliphatic heterocycles. The smallest absolute Gasteiger partial charge is 0.274 e. The molecule has 2 amide bonds. The van der Waals surface area contributed by atoms with Gasteiger partial charge in [0, 0.05) is 37.0 Å². The molecule has 27 heavy (non-hydrogen) atoms. The lowest BCUT2D eigenvalue weighted by Crippen LogP contribution is -2.30. The van der Waals surface area contributed by atoms with Crippen LogP contribution in [0.25, 0.3) is 0 Å². The fraction of sp³-hybridized carbons (Fsp3) is 0.476. The van der Waals surface area contributed by atoms with Gasteiger partial charge in [-0.05, 0) is 62.1 Å². The molecular formula is C21H26N4O2. The van der Waals surface area contributed by atoms with Crippen molar-refractivity contribution >= 4 is 11.8 Å². The SMILES string of the molecule is Cn1nc(C(=O)N2CC[C@H](Cc3cccc(C(N)=O)c3)C2)c2c1CCCC2. The number of primary amides is 1. The lowest BCUT2D eigenvalue weighted by molar-refractivity contribution is 0.0779. The summed E-state index contributed by atoms with van der Waals surface area (Å²) in [7, 11) is 1.94. The Kier molecular flexibility index (Phi) is 4.72. The Bertz CT molecular complexity index is 886. The molecule has 1 fully saturated rings. The van der Waals surface area contributed by atoms with Gasteiger partial charge in [-0.15, -0.1) is 0 Å². The average Bonchev–Trinajstić information content (AvgIpc) is 3.27. The second kappa shape index (κ2) is 7.18. The summed E-state index contributed by atoms with van der Waals surface area (Å²) in [5.74, 6) is 0.0683. The summed E-state index contributed by atoms with van der Waals surface area (Å²) in [6.07, 6.45) is 6.12. The molecule has 1 saturated heterocycles. The third-order valence-electron chi connectivity index (χ3n) is 5.88. The van der Waals surface area contributed by atoms with Gasteiger partial charge in [0.2, 0.25) is 5.91 Å². The Morgan fingerprint density at radius 2 is 2.07 bits per heavy atom. The molecule has 2 N–H and O–H groups in total. The van der Waals surface area contributed by atoms with Gasteiger partial charge in [-0.2, -0.15) is 5.10 Å². The van der Waals surface area contributed by atoms with Crippen molar-refractivity contribution in [1.29, 1.82) is 0 Å². The monoisotopic (exact) mass is 366 g/mol. The van der Waals surface area contributed by atoms with Gasteiger partial charge in [0.15, 0.2) is 5.69 Å². The number of nitrogens with zero attached hydrogens (tertiary/aromatic N) is 3. The maximum atomic E-state index is 13.1. The van der Waals surface area contributed by atoms with Gasteiger partial charge in [0.1, 0.15) is 0 Å². The zero-order valence-corrected chi connectivity index (χ0v) is 15.8. The minimum absolute atomic E-state index is 0.0714. The molecule has 6 heteroatoms. The van der Waals surface area contributed by atoms with E-state index in [1.807, 2.05) is 34.8 Å². The Morgan fingerprint density at radius 3 is 2.89 bits per heavy atom. The summed E-state index contributed by atoms with van der Waals surface area (Å²) in [5, 5.41) is 4.55. The number of aromatic nitrogens is 2. The Hall–Kier alpha value is -2.63. The largest absolute Gasteiger partial charge is 0.366 e. The molecule has 142 valence electrons. The fourth-order valence-corrected chi connectivity index (χ4v) is 4.46. The molecule has 0 saturated carbocycles. The predicted molar refractivity (Wildman–Crippen MR) is 103 cm³/mol. The van der Waals surface area contributed by atoms with E-state index < -0.39 is 5.91 Å². The van der Waals surface area contributed by atoms with Crippen LogP contribution in [0.15, 0.2) is 24.3 Å². The van der Waals surface area contributed by atoms with Crippen LogP contribution in [0.2, 0.25) is 0 Å². The van der Waals surface area contributed by atoms with Crippen molar-refractivity contribution in [1.82, 2.24) is 14.7 Å². The molecule has 1 aliphatic carbocycles. The van der Waals surface area contributed by atoms with Gasteiger partial charge in [-0.25, -0.2) is 0 Å². The van der Waals surface area contributed by atoms with Crippen LogP contribution < -0.4 is 5.73 Å². The summed E-state index contributed by atoms with van der Waals surface area (Å²) >= 11 is 0. The molecular weight excluding hydrogens is 340 g/mol. The van der Waals surface area contributed by atoms with E-state index in [0.717, 1.165) is 56.3 Å². The topological polar surface area (TPSA) is 81.2 Å². The van der Waals surface area contributed by atoms with Crippen molar-refractivity contribution in [2.75, 3.05) is 13.1 Å². The van der Waals surface area contributed by atoms with Crippen LogP contribution in [0.3, 0.4) is 0 Å². The lowest BCUT2D eigenvalue weighted by Gasteiger charge is -2.17. The van der Waals surface area contributed by atoms with Gasteiger partial charge in [0.25, 0.3) is 5.91 Å². The number of nitrogens with two attached hydrogens (primary N) is 1.